The van der Waals surface area contributed by atoms with Gasteiger partial charge < -0.3 is 4.90 Å². The normalized spacial score (nSPS) is 13.6. The zero-order chi connectivity index (χ0) is 18.8. The molecule has 0 rings (SSSR count). The summed E-state index contributed by atoms with van der Waals surface area (Å²) in [5, 5.41) is 0. The number of hydrogen-bond donors (Lipinski definition) is 0. The molecule has 0 spiro atoms. The minimum atomic E-state index is 0. The Balaban J connectivity index is 0. The molecular formula is C24H52ClN. The maximum Gasteiger partial charge on any atom is 0.00917 e. The molecule has 26 heavy (non-hydrogen) atoms. The van der Waals surface area contributed by atoms with Crippen molar-refractivity contribution in [1.82, 2.24) is 4.90 Å². The van der Waals surface area contributed by atoms with E-state index in [1.54, 1.807) is 0 Å². The van der Waals surface area contributed by atoms with E-state index in [4.69, 9.17) is 0 Å². The Bertz CT molecular complexity index is 255. The standard InChI is InChI=1S/C24H51N.ClH/c1-6-8-10-12-14-15-17-19-21-24(25(4)5)22-23(3)20-18-16-13-11-9-7-2;/h23-24H,6-22H2,1-5H3;1H. The van der Waals surface area contributed by atoms with Crippen molar-refractivity contribution in [3.63, 3.8) is 0 Å². The van der Waals surface area contributed by atoms with E-state index in [-0.39, 0.29) is 12.4 Å². The summed E-state index contributed by atoms with van der Waals surface area (Å²) >= 11 is 0. The maximum absolute atomic E-state index is 2.49. The van der Waals surface area contributed by atoms with Crippen LogP contribution >= 0.6 is 12.4 Å². The SMILES string of the molecule is CCCCCCCCCCC(CC(C)CCCCCCCC)N(C)C.Cl. The molecule has 0 radical (unpaired) electrons. The van der Waals surface area contributed by atoms with Crippen LogP contribution in [0, 0.1) is 5.92 Å². The zero-order valence-electron chi connectivity index (χ0n) is 19.0. The Morgan fingerprint density at radius 3 is 1.38 bits per heavy atom. The van der Waals surface area contributed by atoms with Crippen LogP contribution < -0.4 is 0 Å². The van der Waals surface area contributed by atoms with Crippen LogP contribution in [0.15, 0.2) is 0 Å². The van der Waals surface area contributed by atoms with Gasteiger partial charge >= 0.3 is 0 Å². The van der Waals surface area contributed by atoms with Crippen molar-refractivity contribution >= 4 is 12.4 Å². The molecule has 0 aliphatic rings. The van der Waals surface area contributed by atoms with Gasteiger partial charge in [-0.25, -0.2) is 0 Å². The average Bonchev–Trinajstić information content (AvgIpc) is 2.59. The molecule has 0 fully saturated rings. The van der Waals surface area contributed by atoms with Gasteiger partial charge in [0.05, 0.1) is 0 Å². The molecule has 0 saturated carbocycles. The van der Waals surface area contributed by atoms with Crippen LogP contribution in [0.3, 0.4) is 0 Å². The van der Waals surface area contributed by atoms with Gasteiger partial charge in [0, 0.05) is 6.04 Å². The van der Waals surface area contributed by atoms with Gasteiger partial charge in [0.2, 0.25) is 0 Å². The summed E-state index contributed by atoms with van der Waals surface area (Å²) in [6.07, 6.45) is 24.3. The molecule has 0 aromatic carbocycles. The van der Waals surface area contributed by atoms with Gasteiger partial charge in [-0.3, -0.25) is 0 Å². The van der Waals surface area contributed by atoms with Crippen molar-refractivity contribution in [2.75, 3.05) is 14.1 Å². The molecule has 2 unspecified atom stereocenters. The molecule has 0 N–H and O–H groups in total. The number of unbranched alkanes of at least 4 members (excludes halogenated alkanes) is 12. The third kappa shape index (κ3) is 19.0. The fourth-order valence-electron chi connectivity index (χ4n) is 3.96. The zero-order valence-corrected chi connectivity index (χ0v) is 19.8. The lowest BCUT2D eigenvalue weighted by Gasteiger charge is -2.27. The van der Waals surface area contributed by atoms with Crippen LogP contribution in [-0.2, 0) is 0 Å². The fourth-order valence-corrected chi connectivity index (χ4v) is 3.96. The van der Waals surface area contributed by atoms with Gasteiger partial charge in [0.15, 0.2) is 0 Å². The monoisotopic (exact) mass is 389 g/mol. The molecule has 0 aromatic heterocycles. The lowest BCUT2D eigenvalue weighted by atomic mass is 9.92. The van der Waals surface area contributed by atoms with E-state index in [0.717, 1.165) is 12.0 Å². The van der Waals surface area contributed by atoms with E-state index >= 15 is 0 Å². The first kappa shape index (κ1) is 28.5. The minimum Gasteiger partial charge on any atom is -0.306 e. The second-order valence-corrected chi connectivity index (χ2v) is 8.78. The molecule has 0 aliphatic heterocycles. The van der Waals surface area contributed by atoms with Gasteiger partial charge in [0.1, 0.15) is 0 Å². The van der Waals surface area contributed by atoms with E-state index in [1.165, 1.54) is 109 Å². The first-order valence-electron chi connectivity index (χ1n) is 11.8. The van der Waals surface area contributed by atoms with Crippen LogP contribution in [-0.4, -0.2) is 25.0 Å². The van der Waals surface area contributed by atoms with Gasteiger partial charge in [-0.1, -0.05) is 117 Å². The lowest BCUT2D eigenvalue weighted by molar-refractivity contribution is 0.225. The summed E-state index contributed by atoms with van der Waals surface area (Å²) < 4.78 is 0. The van der Waals surface area contributed by atoms with Gasteiger partial charge in [-0.05, 0) is 32.9 Å². The lowest BCUT2D eigenvalue weighted by Crippen LogP contribution is -2.29. The number of rotatable bonds is 19. The van der Waals surface area contributed by atoms with Crippen LogP contribution in [0.25, 0.3) is 0 Å². The first-order chi connectivity index (χ1) is 12.1. The predicted octanol–water partition coefficient (Wildman–Crippen LogP) is 8.65. The molecule has 0 aliphatic carbocycles. The smallest absolute Gasteiger partial charge is 0.00917 e. The molecule has 2 heteroatoms. The van der Waals surface area contributed by atoms with Crippen LogP contribution in [0.5, 0.6) is 0 Å². The summed E-state index contributed by atoms with van der Waals surface area (Å²) in [6, 6.07) is 0.801. The highest BCUT2D eigenvalue weighted by molar-refractivity contribution is 5.85. The van der Waals surface area contributed by atoms with Gasteiger partial charge in [-0.15, -0.1) is 12.4 Å². The molecule has 0 bridgehead atoms. The largest absolute Gasteiger partial charge is 0.306 e. The van der Waals surface area contributed by atoms with Gasteiger partial charge in [-0.2, -0.15) is 0 Å². The van der Waals surface area contributed by atoms with Crippen LogP contribution in [0.4, 0.5) is 0 Å². The highest BCUT2D eigenvalue weighted by atomic mass is 35.5. The highest BCUT2D eigenvalue weighted by Gasteiger charge is 2.15. The second-order valence-electron chi connectivity index (χ2n) is 8.78. The maximum atomic E-state index is 2.49. The Kier molecular flexibility index (Phi) is 23.6. The van der Waals surface area contributed by atoms with E-state index in [2.05, 4.69) is 39.8 Å². The predicted molar refractivity (Wildman–Crippen MR) is 124 cm³/mol. The summed E-state index contributed by atoms with van der Waals surface area (Å²) in [5.74, 6) is 0.896. The molecule has 2 atom stereocenters. The first-order valence-corrected chi connectivity index (χ1v) is 11.8. The number of nitrogens with zero attached hydrogens (tertiary/aromatic N) is 1. The van der Waals surface area contributed by atoms with E-state index in [0.29, 0.717) is 0 Å². The molecule has 160 valence electrons. The van der Waals surface area contributed by atoms with E-state index in [9.17, 15) is 0 Å². The Morgan fingerprint density at radius 1 is 0.577 bits per heavy atom. The van der Waals surface area contributed by atoms with Gasteiger partial charge in [0.25, 0.3) is 0 Å². The van der Waals surface area contributed by atoms with Crippen molar-refractivity contribution < 1.29 is 0 Å². The summed E-state index contributed by atoms with van der Waals surface area (Å²) in [5.41, 5.74) is 0. The van der Waals surface area contributed by atoms with E-state index < -0.39 is 0 Å². The topological polar surface area (TPSA) is 3.24 Å². The molecule has 0 aromatic rings. The van der Waals surface area contributed by atoms with Crippen molar-refractivity contribution in [2.24, 2.45) is 5.92 Å². The molecular weight excluding hydrogens is 338 g/mol. The highest BCUT2D eigenvalue weighted by Crippen LogP contribution is 2.21. The van der Waals surface area contributed by atoms with Crippen molar-refractivity contribution in [3.8, 4) is 0 Å². The fraction of sp³-hybridized carbons (Fsp3) is 1.00. The summed E-state index contributed by atoms with van der Waals surface area (Å²) in [4.78, 5) is 2.49. The van der Waals surface area contributed by atoms with Crippen LogP contribution in [0.2, 0.25) is 0 Å². The van der Waals surface area contributed by atoms with Crippen molar-refractivity contribution in [1.29, 1.82) is 0 Å². The minimum absolute atomic E-state index is 0. The summed E-state index contributed by atoms with van der Waals surface area (Å²) in [7, 11) is 4.57. The quantitative estimate of drug-likeness (QED) is 0.200. The Hall–Kier alpha value is 0.250. The number of halogens is 1. The molecule has 0 heterocycles. The summed E-state index contributed by atoms with van der Waals surface area (Å²) in [6.45, 7) is 7.08. The Labute approximate surface area is 173 Å². The molecule has 1 nitrogen and oxygen atoms in total. The molecule has 0 amide bonds. The third-order valence-electron chi connectivity index (χ3n) is 5.85. The Morgan fingerprint density at radius 2 is 0.962 bits per heavy atom. The van der Waals surface area contributed by atoms with Crippen LogP contribution in [0.1, 0.15) is 130 Å². The van der Waals surface area contributed by atoms with Crippen molar-refractivity contribution in [2.45, 2.75) is 136 Å². The molecule has 0 saturated heterocycles. The third-order valence-corrected chi connectivity index (χ3v) is 5.85. The number of hydrogen-bond acceptors (Lipinski definition) is 1. The van der Waals surface area contributed by atoms with Crippen molar-refractivity contribution in [3.05, 3.63) is 0 Å². The second kappa shape index (κ2) is 21.5. The average molecular weight is 390 g/mol. The van der Waals surface area contributed by atoms with E-state index in [1.807, 2.05) is 0 Å².